The molecule has 0 aliphatic carbocycles. The Balaban J connectivity index is 1.52. The molecule has 0 unspecified atom stereocenters. The van der Waals surface area contributed by atoms with Gasteiger partial charge >= 0.3 is 0 Å². The molecule has 0 bridgehead atoms. The van der Waals surface area contributed by atoms with Gasteiger partial charge < -0.3 is 4.90 Å². The largest absolute Gasteiger partial charge is 0.353 e. The van der Waals surface area contributed by atoms with Crippen LogP contribution in [0.5, 0.6) is 0 Å². The van der Waals surface area contributed by atoms with E-state index in [0.29, 0.717) is 10.0 Å². The molecule has 1 aliphatic rings. The molecule has 2 aromatic heterocycles. The van der Waals surface area contributed by atoms with Gasteiger partial charge in [-0.15, -0.1) is 11.3 Å². The Morgan fingerprint density at radius 3 is 2.67 bits per heavy atom. The van der Waals surface area contributed by atoms with Crippen LogP contribution in [-0.4, -0.2) is 42.6 Å². The first-order valence-electron chi connectivity index (χ1n) is 7.03. The predicted octanol–water partition coefficient (Wildman–Crippen LogP) is 3.81. The molecule has 0 amide bonds. The lowest BCUT2D eigenvalue weighted by molar-refractivity contribution is 0.261. The maximum Gasteiger partial charge on any atom is 0.147 e. The quantitative estimate of drug-likeness (QED) is 0.842. The van der Waals surface area contributed by atoms with Crippen LogP contribution in [0.15, 0.2) is 29.8 Å². The second-order valence-corrected chi connectivity index (χ2v) is 6.99. The summed E-state index contributed by atoms with van der Waals surface area (Å²) >= 11 is 14.0. The highest BCUT2D eigenvalue weighted by Crippen LogP contribution is 2.26. The van der Waals surface area contributed by atoms with Crippen LogP contribution >= 0.6 is 34.5 Å². The van der Waals surface area contributed by atoms with Crippen LogP contribution < -0.4 is 4.90 Å². The van der Waals surface area contributed by atoms with E-state index in [4.69, 9.17) is 23.2 Å². The van der Waals surface area contributed by atoms with Crippen molar-refractivity contribution in [1.82, 2.24) is 9.88 Å². The highest BCUT2D eigenvalue weighted by molar-refractivity contribution is 7.09. The van der Waals surface area contributed by atoms with E-state index in [1.54, 1.807) is 12.3 Å². The molecule has 21 heavy (non-hydrogen) atoms. The molecule has 0 N–H and O–H groups in total. The second-order valence-electron chi connectivity index (χ2n) is 5.12. The first-order valence-corrected chi connectivity index (χ1v) is 8.66. The summed E-state index contributed by atoms with van der Waals surface area (Å²) in [5.74, 6) is 0.846. The number of halogens is 2. The normalized spacial score (nSPS) is 16.4. The first kappa shape index (κ1) is 15.1. The third-order valence-corrected chi connectivity index (χ3v) is 5.14. The van der Waals surface area contributed by atoms with E-state index in [1.165, 1.54) is 4.88 Å². The molecule has 3 rings (SSSR count). The van der Waals surface area contributed by atoms with E-state index in [0.717, 1.165) is 45.0 Å². The minimum absolute atomic E-state index is 0.582. The second kappa shape index (κ2) is 6.97. The van der Waals surface area contributed by atoms with Crippen LogP contribution in [0.3, 0.4) is 0 Å². The molecule has 2 aromatic rings. The number of aromatic nitrogens is 1. The summed E-state index contributed by atoms with van der Waals surface area (Å²) in [6.45, 7) is 5.13. The maximum absolute atomic E-state index is 6.23. The summed E-state index contributed by atoms with van der Waals surface area (Å²) in [5.41, 5.74) is 0. The number of rotatable bonds is 4. The summed E-state index contributed by atoms with van der Waals surface area (Å²) in [6.07, 6.45) is 2.80. The number of hydrogen-bond acceptors (Lipinski definition) is 4. The average Bonchev–Trinajstić information content (AvgIpc) is 2.99. The Kier molecular flexibility index (Phi) is 5.01. The zero-order valence-electron chi connectivity index (χ0n) is 11.6. The van der Waals surface area contributed by atoms with E-state index in [2.05, 4.69) is 32.3 Å². The van der Waals surface area contributed by atoms with Crippen molar-refractivity contribution in [2.45, 2.75) is 6.42 Å². The third kappa shape index (κ3) is 3.89. The van der Waals surface area contributed by atoms with E-state index < -0.39 is 0 Å². The lowest BCUT2D eigenvalue weighted by atomic mass is 10.2. The number of anilines is 1. The van der Waals surface area contributed by atoms with E-state index in [9.17, 15) is 0 Å². The minimum atomic E-state index is 0.582. The Labute approximate surface area is 139 Å². The standard InChI is InChI=1S/C15H17Cl2N3S/c16-12-10-14(17)15(18-11-12)20-7-5-19(6-8-20)4-3-13-2-1-9-21-13/h1-2,9-11H,3-8H2. The van der Waals surface area contributed by atoms with Gasteiger partial charge in [-0.2, -0.15) is 0 Å². The van der Waals surface area contributed by atoms with Crippen molar-refractivity contribution in [3.05, 3.63) is 44.7 Å². The molecule has 1 fully saturated rings. The minimum Gasteiger partial charge on any atom is -0.353 e. The van der Waals surface area contributed by atoms with Gasteiger partial charge in [-0.05, 0) is 23.9 Å². The molecule has 0 spiro atoms. The molecule has 1 saturated heterocycles. The molecule has 0 saturated carbocycles. The van der Waals surface area contributed by atoms with Gasteiger partial charge in [0.05, 0.1) is 10.0 Å². The van der Waals surface area contributed by atoms with Gasteiger partial charge in [0.1, 0.15) is 5.82 Å². The molecule has 3 nitrogen and oxygen atoms in total. The maximum atomic E-state index is 6.23. The highest BCUT2D eigenvalue weighted by atomic mass is 35.5. The number of pyridine rings is 1. The average molecular weight is 342 g/mol. The Bertz CT molecular complexity index is 581. The van der Waals surface area contributed by atoms with Gasteiger partial charge in [-0.1, -0.05) is 29.3 Å². The van der Waals surface area contributed by atoms with Crippen molar-refractivity contribution in [1.29, 1.82) is 0 Å². The number of hydrogen-bond donors (Lipinski definition) is 0. The van der Waals surface area contributed by atoms with Crippen LogP contribution in [0, 0.1) is 0 Å². The smallest absolute Gasteiger partial charge is 0.147 e. The molecule has 3 heterocycles. The predicted molar refractivity (Wildman–Crippen MR) is 90.9 cm³/mol. The van der Waals surface area contributed by atoms with Crippen LogP contribution in [0.4, 0.5) is 5.82 Å². The molecule has 1 aliphatic heterocycles. The molecule has 0 radical (unpaired) electrons. The van der Waals surface area contributed by atoms with Gasteiger partial charge in [0.15, 0.2) is 0 Å². The van der Waals surface area contributed by atoms with Gasteiger partial charge in [-0.3, -0.25) is 4.90 Å². The number of thiophene rings is 1. The third-order valence-electron chi connectivity index (χ3n) is 3.71. The highest BCUT2D eigenvalue weighted by Gasteiger charge is 2.19. The SMILES string of the molecule is Clc1cnc(N2CCN(CCc3cccs3)CC2)c(Cl)c1. The molecular formula is C15H17Cl2N3S. The van der Waals surface area contributed by atoms with E-state index in [-0.39, 0.29) is 0 Å². The van der Waals surface area contributed by atoms with Crippen LogP contribution in [0.1, 0.15) is 4.88 Å². The van der Waals surface area contributed by atoms with Crippen molar-refractivity contribution < 1.29 is 0 Å². The van der Waals surface area contributed by atoms with Gasteiger partial charge in [0.25, 0.3) is 0 Å². The summed E-state index contributed by atoms with van der Waals surface area (Å²) in [5, 5.41) is 3.36. The molecule has 0 atom stereocenters. The lowest BCUT2D eigenvalue weighted by Crippen LogP contribution is -2.47. The van der Waals surface area contributed by atoms with Crippen molar-refractivity contribution in [3.8, 4) is 0 Å². The molecular weight excluding hydrogens is 325 g/mol. The zero-order valence-corrected chi connectivity index (χ0v) is 14.0. The first-order chi connectivity index (χ1) is 10.2. The van der Waals surface area contributed by atoms with Gasteiger partial charge in [-0.25, -0.2) is 4.98 Å². The van der Waals surface area contributed by atoms with Crippen LogP contribution in [0.25, 0.3) is 0 Å². The summed E-state index contributed by atoms with van der Waals surface area (Å²) in [7, 11) is 0. The van der Waals surface area contributed by atoms with Crippen molar-refractivity contribution in [2.75, 3.05) is 37.6 Å². The summed E-state index contributed by atoms with van der Waals surface area (Å²) in [4.78, 5) is 10.6. The van der Waals surface area contributed by atoms with Crippen LogP contribution in [-0.2, 0) is 6.42 Å². The monoisotopic (exact) mass is 341 g/mol. The fraction of sp³-hybridized carbons (Fsp3) is 0.400. The fourth-order valence-corrected chi connectivity index (χ4v) is 3.74. The topological polar surface area (TPSA) is 19.4 Å². The molecule has 6 heteroatoms. The zero-order chi connectivity index (χ0) is 14.7. The van der Waals surface area contributed by atoms with Crippen molar-refractivity contribution in [3.63, 3.8) is 0 Å². The van der Waals surface area contributed by atoms with Crippen molar-refractivity contribution >= 4 is 40.4 Å². The molecule has 112 valence electrons. The Hall–Kier alpha value is -0.810. The fourth-order valence-electron chi connectivity index (χ4n) is 2.55. The number of nitrogens with zero attached hydrogens (tertiary/aromatic N) is 3. The van der Waals surface area contributed by atoms with Crippen molar-refractivity contribution in [2.24, 2.45) is 0 Å². The summed E-state index contributed by atoms with van der Waals surface area (Å²) < 4.78 is 0. The number of piperazine rings is 1. The van der Waals surface area contributed by atoms with E-state index in [1.807, 2.05) is 11.3 Å². The lowest BCUT2D eigenvalue weighted by Gasteiger charge is -2.35. The Morgan fingerprint density at radius 1 is 1.19 bits per heavy atom. The van der Waals surface area contributed by atoms with Crippen LogP contribution in [0.2, 0.25) is 10.0 Å². The van der Waals surface area contributed by atoms with Gasteiger partial charge in [0, 0.05) is 43.8 Å². The van der Waals surface area contributed by atoms with E-state index >= 15 is 0 Å². The summed E-state index contributed by atoms with van der Waals surface area (Å²) in [6, 6.07) is 6.08. The Morgan fingerprint density at radius 2 is 2.00 bits per heavy atom. The van der Waals surface area contributed by atoms with Gasteiger partial charge in [0.2, 0.25) is 0 Å². The molecule has 0 aromatic carbocycles.